The van der Waals surface area contributed by atoms with Gasteiger partial charge in [0, 0.05) is 12.1 Å². The number of ether oxygens (including phenoxy) is 1. The fourth-order valence-corrected chi connectivity index (χ4v) is 4.79. The second-order valence-corrected chi connectivity index (χ2v) is 11.0. The van der Waals surface area contributed by atoms with Crippen LogP contribution in [0.4, 0.5) is 9.18 Å². The van der Waals surface area contributed by atoms with Gasteiger partial charge in [-0.05, 0) is 58.2 Å². The average molecular weight is 550 g/mol. The predicted octanol–water partition coefficient (Wildman–Crippen LogP) is 5.04. The molecule has 0 saturated carbocycles. The molecule has 4 rings (SSSR count). The lowest BCUT2D eigenvalue weighted by molar-refractivity contribution is -0.135. The molecule has 0 aliphatic carbocycles. The van der Waals surface area contributed by atoms with Gasteiger partial charge in [0.15, 0.2) is 0 Å². The SMILES string of the molecule is C[C@H](NC(=O)[C@H](CC(=O)N1CCC[C@@H]1c1ccccc1)NC(=O)OC(C)(C)C)c1ncc(-c2ccccc2F)[nH]1. The van der Waals surface area contributed by atoms with Crippen molar-refractivity contribution in [3.63, 3.8) is 0 Å². The quantitative estimate of drug-likeness (QED) is 0.364. The van der Waals surface area contributed by atoms with E-state index < -0.39 is 35.5 Å². The third kappa shape index (κ3) is 7.25. The van der Waals surface area contributed by atoms with Crippen LogP contribution in [0.3, 0.4) is 0 Å². The minimum atomic E-state index is -1.18. The van der Waals surface area contributed by atoms with E-state index in [1.165, 1.54) is 12.3 Å². The number of benzene rings is 2. The van der Waals surface area contributed by atoms with Crippen LogP contribution in [0.25, 0.3) is 11.3 Å². The number of carbonyl (C=O) groups excluding carboxylic acids is 3. The molecule has 1 saturated heterocycles. The third-order valence-corrected chi connectivity index (χ3v) is 6.67. The first-order valence-corrected chi connectivity index (χ1v) is 13.5. The van der Waals surface area contributed by atoms with Gasteiger partial charge in [0.05, 0.1) is 30.4 Å². The van der Waals surface area contributed by atoms with Crippen molar-refractivity contribution >= 4 is 17.9 Å². The van der Waals surface area contributed by atoms with Crippen molar-refractivity contribution < 1.29 is 23.5 Å². The molecule has 1 aromatic heterocycles. The Hall–Kier alpha value is -4.21. The fourth-order valence-electron chi connectivity index (χ4n) is 4.79. The van der Waals surface area contributed by atoms with Gasteiger partial charge in [0.25, 0.3) is 0 Å². The number of rotatable bonds is 8. The lowest BCUT2D eigenvalue weighted by Crippen LogP contribution is -2.51. The zero-order valence-corrected chi connectivity index (χ0v) is 23.2. The summed E-state index contributed by atoms with van der Waals surface area (Å²) >= 11 is 0. The number of H-pyrrole nitrogens is 1. The Labute approximate surface area is 233 Å². The second-order valence-electron chi connectivity index (χ2n) is 11.0. The van der Waals surface area contributed by atoms with Crippen LogP contribution >= 0.6 is 0 Å². The van der Waals surface area contributed by atoms with Gasteiger partial charge in [-0.25, -0.2) is 14.2 Å². The summed E-state index contributed by atoms with van der Waals surface area (Å²) in [5.74, 6) is -0.802. The van der Waals surface area contributed by atoms with Gasteiger partial charge < -0.3 is 25.3 Å². The molecule has 0 bridgehead atoms. The van der Waals surface area contributed by atoms with E-state index in [4.69, 9.17) is 4.74 Å². The normalized spacial score (nSPS) is 16.7. The highest BCUT2D eigenvalue weighted by Gasteiger charge is 2.34. The highest BCUT2D eigenvalue weighted by Crippen LogP contribution is 2.32. The topological polar surface area (TPSA) is 116 Å². The van der Waals surface area contributed by atoms with Crippen molar-refractivity contribution in [2.75, 3.05) is 6.54 Å². The van der Waals surface area contributed by atoms with E-state index in [1.54, 1.807) is 50.8 Å². The van der Waals surface area contributed by atoms with Crippen molar-refractivity contribution in [3.05, 3.63) is 78.0 Å². The van der Waals surface area contributed by atoms with Crippen LogP contribution in [0.2, 0.25) is 0 Å². The lowest BCUT2D eigenvalue weighted by atomic mass is 10.0. The first-order chi connectivity index (χ1) is 19.0. The summed E-state index contributed by atoms with van der Waals surface area (Å²) in [5, 5.41) is 5.39. The summed E-state index contributed by atoms with van der Waals surface area (Å²) in [6.07, 6.45) is 2.13. The highest BCUT2D eigenvalue weighted by atomic mass is 19.1. The van der Waals surface area contributed by atoms with Crippen molar-refractivity contribution in [1.29, 1.82) is 0 Å². The van der Waals surface area contributed by atoms with E-state index in [-0.39, 0.29) is 18.4 Å². The maximum atomic E-state index is 14.2. The largest absolute Gasteiger partial charge is 0.444 e. The van der Waals surface area contributed by atoms with Crippen molar-refractivity contribution in [1.82, 2.24) is 25.5 Å². The van der Waals surface area contributed by atoms with Gasteiger partial charge in [-0.2, -0.15) is 0 Å². The smallest absolute Gasteiger partial charge is 0.408 e. The standard InChI is InChI=1S/C30H36FN5O4/c1-19(27-32-18-24(34-27)21-13-8-9-14-22(21)31)33-28(38)23(35-29(39)40-30(2,3)4)17-26(37)36-16-10-15-25(36)20-11-6-5-7-12-20/h5-9,11-14,18-19,23,25H,10,15-17H2,1-4H3,(H,32,34)(H,33,38)(H,35,39)/t19-,23-,25+/m0/s1. The number of halogens is 1. The zero-order chi connectivity index (χ0) is 28.9. The van der Waals surface area contributed by atoms with Crippen LogP contribution in [0, 0.1) is 5.82 Å². The van der Waals surface area contributed by atoms with Crippen molar-refractivity contribution in [2.24, 2.45) is 0 Å². The van der Waals surface area contributed by atoms with Gasteiger partial charge in [-0.3, -0.25) is 9.59 Å². The number of amides is 3. The Balaban J connectivity index is 1.48. The van der Waals surface area contributed by atoms with E-state index in [2.05, 4.69) is 20.6 Å². The molecule has 0 unspecified atom stereocenters. The van der Waals surface area contributed by atoms with Crippen LogP contribution in [0.1, 0.15) is 70.4 Å². The van der Waals surface area contributed by atoms with Crippen LogP contribution < -0.4 is 10.6 Å². The molecule has 3 N–H and O–H groups in total. The summed E-state index contributed by atoms with van der Waals surface area (Å²) in [7, 11) is 0. The van der Waals surface area contributed by atoms with E-state index in [0.29, 0.717) is 23.6 Å². The number of nitrogens with one attached hydrogen (secondary N) is 3. The third-order valence-electron chi connectivity index (χ3n) is 6.67. The predicted molar refractivity (Wildman–Crippen MR) is 148 cm³/mol. The molecule has 1 fully saturated rings. The minimum Gasteiger partial charge on any atom is -0.444 e. The Kier molecular flexibility index (Phi) is 8.86. The van der Waals surface area contributed by atoms with Gasteiger partial charge in [0.2, 0.25) is 11.8 Å². The van der Waals surface area contributed by atoms with Crippen LogP contribution in [0.5, 0.6) is 0 Å². The molecular weight excluding hydrogens is 513 g/mol. The number of aromatic nitrogens is 2. The number of alkyl carbamates (subject to hydrolysis) is 1. The Morgan fingerprint density at radius 1 is 1.10 bits per heavy atom. The van der Waals surface area contributed by atoms with E-state index >= 15 is 0 Å². The van der Waals surface area contributed by atoms with Gasteiger partial charge in [0.1, 0.15) is 23.3 Å². The number of imidazole rings is 1. The molecule has 212 valence electrons. The van der Waals surface area contributed by atoms with E-state index in [9.17, 15) is 18.8 Å². The molecule has 3 aromatic rings. The van der Waals surface area contributed by atoms with E-state index in [1.807, 2.05) is 30.3 Å². The molecule has 0 radical (unpaired) electrons. The van der Waals surface area contributed by atoms with Gasteiger partial charge >= 0.3 is 6.09 Å². The van der Waals surface area contributed by atoms with Crippen LogP contribution in [-0.2, 0) is 14.3 Å². The molecule has 3 amide bonds. The number of likely N-dealkylation sites (tertiary alicyclic amines) is 1. The average Bonchev–Trinajstić information content (AvgIpc) is 3.58. The molecule has 1 aliphatic heterocycles. The molecular formula is C30H36FN5O4. The van der Waals surface area contributed by atoms with Crippen molar-refractivity contribution in [2.45, 2.75) is 70.7 Å². The molecule has 1 aliphatic rings. The monoisotopic (exact) mass is 549 g/mol. The molecule has 0 spiro atoms. The summed E-state index contributed by atoms with van der Waals surface area (Å²) in [5.41, 5.74) is 1.07. The number of nitrogens with zero attached hydrogens (tertiary/aromatic N) is 2. The Morgan fingerprint density at radius 3 is 2.50 bits per heavy atom. The van der Waals surface area contributed by atoms with Gasteiger partial charge in [-0.1, -0.05) is 42.5 Å². The fraction of sp³-hybridized carbons (Fsp3) is 0.400. The first kappa shape index (κ1) is 28.8. The zero-order valence-electron chi connectivity index (χ0n) is 23.2. The molecule has 2 heterocycles. The maximum Gasteiger partial charge on any atom is 0.408 e. The Bertz CT molecular complexity index is 1340. The molecule has 2 aromatic carbocycles. The molecule has 3 atom stereocenters. The highest BCUT2D eigenvalue weighted by molar-refractivity contribution is 5.91. The molecule has 40 heavy (non-hydrogen) atoms. The molecule has 9 nitrogen and oxygen atoms in total. The first-order valence-electron chi connectivity index (χ1n) is 13.5. The maximum absolute atomic E-state index is 14.2. The molecule has 10 heteroatoms. The number of hydrogen-bond acceptors (Lipinski definition) is 5. The number of carbonyl (C=O) groups is 3. The van der Waals surface area contributed by atoms with Crippen molar-refractivity contribution in [3.8, 4) is 11.3 Å². The van der Waals surface area contributed by atoms with Crippen LogP contribution in [0.15, 0.2) is 60.8 Å². The number of hydrogen-bond donors (Lipinski definition) is 3. The van der Waals surface area contributed by atoms with Crippen LogP contribution in [-0.4, -0.2) is 51.0 Å². The van der Waals surface area contributed by atoms with Gasteiger partial charge in [-0.15, -0.1) is 0 Å². The summed E-state index contributed by atoms with van der Waals surface area (Å²) in [6.45, 7) is 7.43. The second kappa shape index (κ2) is 12.3. The lowest BCUT2D eigenvalue weighted by Gasteiger charge is -2.28. The van der Waals surface area contributed by atoms with E-state index in [0.717, 1.165) is 18.4 Å². The Morgan fingerprint density at radius 2 is 1.80 bits per heavy atom. The number of aromatic amines is 1. The summed E-state index contributed by atoms with van der Waals surface area (Å²) in [6, 6.07) is 14.2. The summed E-state index contributed by atoms with van der Waals surface area (Å²) < 4.78 is 19.6. The summed E-state index contributed by atoms with van der Waals surface area (Å²) in [4.78, 5) is 48.6. The minimum absolute atomic E-state index is 0.0854.